The number of benzene rings is 1. The van der Waals surface area contributed by atoms with Crippen molar-refractivity contribution in [2.75, 3.05) is 18.8 Å². The number of rotatable bonds is 6. The highest BCUT2D eigenvalue weighted by Gasteiger charge is 2.31. The van der Waals surface area contributed by atoms with E-state index in [1.807, 2.05) is 0 Å². The van der Waals surface area contributed by atoms with Crippen molar-refractivity contribution in [3.63, 3.8) is 0 Å². The first-order chi connectivity index (χ1) is 9.87. The van der Waals surface area contributed by atoms with Gasteiger partial charge in [0.2, 0.25) is 15.0 Å². The van der Waals surface area contributed by atoms with Crippen LogP contribution in [0.4, 0.5) is 0 Å². The number of aryl methyl sites for hydroxylation is 1. The first-order valence-electron chi connectivity index (χ1n) is 7.15. The Morgan fingerprint density at radius 3 is 2.43 bits per heavy atom. The summed E-state index contributed by atoms with van der Waals surface area (Å²) in [5.41, 5.74) is 2.48. The quantitative estimate of drug-likeness (QED) is 0.752. The fraction of sp³-hybridized carbons (Fsp3) is 0.533. The van der Waals surface area contributed by atoms with E-state index in [0.717, 1.165) is 12.8 Å². The molecule has 1 aliphatic heterocycles. The molecular weight excluding hydrogens is 310 g/mol. The van der Waals surface area contributed by atoms with Crippen LogP contribution in [-0.2, 0) is 26.7 Å². The van der Waals surface area contributed by atoms with Gasteiger partial charge in [-0.1, -0.05) is 31.2 Å². The van der Waals surface area contributed by atoms with Crippen molar-refractivity contribution in [1.29, 1.82) is 0 Å². The SMILES string of the molecule is CCc1ccc(CCN2CC(CS(=O)(=O)Cl)CC2=O)cc1. The van der Waals surface area contributed by atoms with E-state index < -0.39 is 9.05 Å². The molecule has 1 aromatic rings. The van der Waals surface area contributed by atoms with Gasteiger partial charge in [0.25, 0.3) is 0 Å². The van der Waals surface area contributed by atoms with Crippen LogP contribution in [0.15, 0.2) is 24.3 Å². The largest absolute Gasteiger partial charge is 0.342 e. The maximum absolute atomic E-state index is 11.9. The van der Waals surface area contributed by atoms with Crippen LogP contribution in [-0.4, -0.2) is 38.1 Å². The number of halogens is 1. The van der Waals surface area contributed by atoms with Crippen LogP contribution in [0, 0.1) is 5.92 Å². The van der Waals surface area contributed by atoms with Gasteiger partial charge in [-0.3, -0.25) is 4.79 Å². The third-order valence-electron chi connectivity index (χ3n) is 3.83. The smallest absolute Gasteiger partial charge is 0.232 e. The summed E-state index contributed by atoms with van der Waals surface area (Å²) in [7, 11) is 1.72. The van der Waals surface area contributed by atoms with E-state index in [2.05, 4.69) is 31.2 Å². The van der Waals surface area contributed by atoms with Gasteiger partial charge in [-0.2, -0.15) is 0 Å². The molecule has 2 rings (SSSR count). The number of nitrogens with zero attached hydrogens (tertiary/aromatic N) is 1. The van der Waals surface area contributed by atoms with E-state index >= 15 is 0 Å². The number of likely N-dealkylation sites (tertiary alicyclic amines) is 1. The molecule has 0 spiro atoms. The zero-order valence-corrected chi connectivity index (χ0v) is 13.7. The Kier molecular flexibility index (Phi) is 5.27. The van der Waals surface area contributed by atoms with E-state index in [4.69, 9.17) is 10.7 Å². The van der Waals surface area contributed by atoms with Gasteiger partial charge in [-0.15, -0.1) is 0 Å². The highest BCUT2D eigenvalue weighted by molar-refractivity contribution is 8.13. The summed E-state index contributed by atoms with van der Waals surface area (Å²) in [5, 5.41) is 0. The molecule has 6 heteroatoms. The Labute approximate surface area is 130 Å². The summed E-state index contributed by atoms with van der Waals surface area (Å²) >= 11 is 0. The Balaban J connectivity index is 1.87. The molecule has 1 amide bonds. The van der Waals surface area contributed by atoms with Crippen LogP contribution in [0.1, 0.15) is 24.5 Å². The molecule has 0 radical (unpaired) electrons. The van der Waals surface area contributed by atoms with Crippen molar-refractivity contribution in [1.82, 2.24) is 4.90 Å². The Morgan fingerprint density at radius 2 is 1.86 bits per heavy atom. The summed E-state index contributed by atoms with van der Waals surface area (Å²) in [6.45, 7) is 3.23. The fourth-order valence-corrected chi connectivity index (χ4v) is 3.99. The number of amides is 1. The van der Waals surface area contributed by atoms with Crippen molar-refractivity contribution in [2.24, 2.45) is 5.92 Å². The number of hydrogen-bond donors (Lipinski definition) is 0. The average molecular weight is 330 g/mol. The molecule has 0 aromatic heterocycles. The van der Waals surface area contributed by atoms with Crippen molar-refractivity contribution >= 4 is 25.6 Å². The lowest BCUT2D eigenvalue weighted by Crippen LogP contribution is -2.28. The van der Waals surface area contributed by atoms with E-state index in [9.17, 15) is 13.2 Å². The molecule has 1 saturated heterocycles. The minimum Gasteiger partial charge on any atom is -0.342 e. The second kappa shape index (κ2) is 6.79. The van der Waals surface area contributed by atoms with Gasteiger partial charge in [0.15, 0.2) is 0 Å². The monoisotopic (exact) mass is 329 g/mol. The molecule has 0 N–H and O–H groups in total. The number of hydrogen-bond acceptors (Lipinski definition) is 3. The first-order valence-corrected chi connectivity index (χ1v) is 9.63. The van der Waals surface area contributed by atoms with Crippen LogP contribution in [0.5, 0.6) is 0 Å². The standard InChI is InChI=1S/C15H20ClNO3S/c1-2-12-3-5-13(6-4-12)7-8-17-10-14(9-15(17)18)11-21(16,19)20/h3-6,14H,2,7-11H2,1H3. The Bertz CT molecular complexity index is 598. The van der Waals surface area contributed by atoms with Gasteiger partial charge in [-0.05, 0) is 24.0 Å². The maximum atomic E-state index is 11.9. The molecule has 4 nitrogen and oxygen atoms in total. The van der Waals surface area contributed by atoms with E-state index in [-0.39, 0.29) is 24.0 Å². The molecular formula is C15H20ClNO3S. The summed E-state index contributed by atoms with van der Waals surface area (Å²) < 4.78 is 22.2. The molecule has 1 heterocycles. The van der Waals surface area contributed by atoms with Crippen LogP contribution >= 0.6 is 10.7 Å². The predicted octanol–water partition coefficient (Wildman–Crippen LogP) is 2.21. The summed E-state index contributed by atoms with van der Waals surface area (Å²) in [6.07, 6.45) is 2.08. The molecule has 21 heavy (non-hydrogen) atoms. The van der Waals surface area contributed by atoms with Gasteiger partial charge >= 0.3 is 0 Å². The Morgan fingerprint density at radius 1 is 1.24 bits per heavy atom. The maximum Gasteiger partial charge on any atom is 0.232 e. The lowest BCUT2D eigenvalue weighted by molar-refractivity contribution is -0.127. The second-order valence-electron chi connectivity index (χ2n) is 5.54. The highest BCUT2D eigenvalue weighted by atomic mass is 35.7. The van der Waals surface area contributed by atoms with Crippen molar-refractivity contribution in [3.05, 3.63) is 35.4 Å². The van der Waals surface area contributed by atoms with Gasteiger partial charge < -0.3 is 4.90 Å². The molecule has 0 bridgehead atoms. The minimum absolute atomic E-state index is 0.0190. The summed E-state index contributed by atoms with van der Waals surface area (Å²) in [4.78, 5) is 13.6. The number of carbonyl (C=O) groups is 1. The third-order valence-corrected chi connectivity index (χ3v) is 5.08. The molecule has 0 saturated carbocycles. The summed E-state index contributed by atoms with van der Waals surface area (Å²) in [5.74, 6) is -0.282. The Hall–Kier alpha value is -1.07. The van der Waals surface area contributed by atoms with Crippen LogP contribution in [0.2, 0.25) is 0 Å². The van der Waals surface area contributed by atoms with Gasteiger partial charge in [0.1, 0.15) is 0 Å². The zero-order chi connectivity index (χ0) is 15.5. The van der Waals surface area contributed by atoms with Gasteiger partial charge in [0, 0.05) is 36.1 Å². The molecule has 116 valence electrons. The lowest BCUT2D eigenvalue weighted by Gasteiger charge is -2.16. The van der Waals surface area contributed by atoms with Crippen molar-refractivity contribution < 1.29 is 13.2 Å². The normalized spacial score (nSPS) is 19.2. The van der Waals surface area contributed by atoms with Crippen molar-refractivity contribution in [2.45, 2.75) is 26.2 Å². The fourth-order valence-electron chi connectivity index (χ4n) is 2.67. The minimum atomic E-state index is -3.54. The molecule has 1 fully saturated rings. The van der Waals surface area contributed by atoms with Crippen molar-refractivity contribution in [3.8, 4) is 0 Å². The predicted molar refractivity (Wildman–Crippen MR) is 83.9 cm³/mol. The molecule has 1 aromatic carbocycles. The highest BCUT2D eigenvalue weighted by Crippen LogP contribution is 2.21. The average Bonchev–Trinajstić information content (AvgIpc) is 2.74. The van der Waals surface area contributed by atoms with Gasteiger partial charge in [-0.25, -0.2) is 8.42 Å². The number of carbonyl (C=O) groups excluding carboxylic acids is 1. The topological polar surface area (TPSA) is 54.5 Å². The van der Waals surface area contributed by atoms with Crippen LogP contribution in [0.3, 0.4) is 0 Å². The summed E-state index contributed by atoms with van der Waals surface area (Å²) in [6, 6.07) is 8.37. The van der Waals surface area contributed by atoms with Crippen LogP contribution in [0.25, 0.3) is 0 Å². The molecule has 1 aliphatic rings. The lowest BCUT2D eigenvalue weighted by atomic mass is 10.1. The van der Waals surface area contributed by atoms with E-state index in [1.165, 1.54) is 11.1 Å². The second-order valence-corrected chi connectivity index (χ2v) is 8.36. The molecule has 1 unspecified atom stereocenters. The van der Waals surface area contributed by atoms with E-state index in [1.54, 1.807) is 4.90 Å². The molecule has 0 aliphatic carbocycles. The third kappa shape index (κ3) is 5.00. The van der Waals surface area contributed by atoms with Crippen LogP contribution < -0.4 is 0 Å². The molecule has 1 atom stereocenters. The van der Waals surface area contributed by atoms with Gasteiger partial charge in [0.05, 0.1) is 5.75 Å². The zero-order valence-electron chi connectivity index (χ0n) is 12.1. The van der Waals surface area contributed by atoms with E-state index in [0.29, 0.717) is 13.1 Å². The first kappa shape index (κ1) is 16.3.